The Morgan fingerprint density at radius 2 is 2.12 bits per heavy atom. The molecule has 0 amide bonds. The average molecular weight is 336 g/mol. The molecule has 0 bridgehead atoms. The van der Waals surface area contributed by atoms with Crippen molar-refractivity contribution in [2.75, 3.05) is 6.61 Å². The van der Waals surface area contributed by atoms with Crippen molar-refractivity contribution in [3.8, 4) is 0 Å². The van der Waals surface area contributed by atoms with Gasteiger partial charge in [-0.2, -0.15) is 0 Å². The molecule has 0 radical (unpaired) electrons. The van der Waals surface area contributed by atoms with E-state index in [1.54, 1.807) is 0 Å². The molecule has 1 aliphatic carbocycles. The molecule has 1 saturated carbocycles. The summed E-state index contributed by atoms with van der Waals surface area (Å²) in [7, 11) is 0. The third-order valence-corrected chi connectivity index (χ3v) is 4.63. The van der Waals surface area contributed by atoms with Crippen LogP contribution in [0.2, 0.25) is 0 Å². The van der Waals surface area contributed by atoms with Gasteiger partial charge in [0, 0.05) is 18.8 Å². The minimum atomic E-state index is -0.374. The van der Waals surface area contributed by atoms with Crippen LogP contribution in [-0.4, -0.2) is 34.5 Å². The highest BCUT2D eigenvalue weighted by atomic mass is 16.3. The van der Waals surface area contributed by atoms with Crippen LogP contribution in [0.4, 0.5) is 0 Å². The molecule has 0 spiro atoms. The summed E-state index contributed by atoms with van der Waals surface area (Å²) in [5.74, 6) is 0.551. The van der Waals surface area contributed by atoms with Crippen LogP contribution in [0.25, 0.3) is 0 Å². The summed E-state index contributed by atoms with van der Waals surface area (Å²) in [5, 5.41) is 18.4. The Hall–Kier alpha value is -1.26. The van der Waals surface area contributed by atoms with E-state index in [0.29, 0.717) is 25.0 Å². The molecule has 0 saturated heterocycles. The molecule has 1 aliphatic rings. The van der Waals surface area contributed by atoms with Crippen LogP contribution in [-0.2, 0) is 9.59 Å². The van der Waals surface area contributed by atoms with Crippen molar-refractivity contribution in [3.63, 3.8) is 0 Å². The van der Waals surface area contributed by atoms with E-state index in [0.717, 1.165) is 38.5 Å². The number of ketones is 2. The largest absolute Gasteiger partial charge is 0.393 e. The van der Waals surface area contributed by atoms with E-state index >= 15 is 0 Å². The molecule has 1 unspecified atom stereocenters. The smallest absolute Gasteiger partial charge is 0.158 e. The second kappa shape index (κ2) is 12.2. The highest BCUT2D eigenvalue weighted by Gasteiger charge is 2.31. The van der Waals surface area contributed by atoms with Crippen molar-refractivity contribution in [1.82, 2.24) is 0 Å². The minimum absolute atomic E-state index is 0.0555. The first-order valence-electron chi connectivity index (χ1n) is 9.23. The molecule has 4 heteroatoms. The van der Waals surface area contributed by atoms with Gasteiger partial charge in [-0.1, -0.05) is 37.6 Å². The Bertz CT molecular complexity index is 439. The molecule has 0 aromatic heterocycles. The monoisotopic (exact) mass is 336 g/mol. The van der Waals surface area contributed by atoms with Crippen molar-refractivity contribution in [2.45, 2.75) is 70.8 Å². The lowest BCUT2D eigenvalue weighted by Crippen LogP contribution is -2.12. The van der Waals surface area contributed by atoms with E-state index in [2.05, 4.69) is 13.0 Å². The number of hydrogen-bond donors (Lipinski definition) is 2. The zero-order valence-electron chi connectivity index (χ0n) is 14.8. The van der Waals surface area contributed by atoms with Gasteiger partial charge in [0.15, 0.2) is 5.78 Å². The summed E-state index contributed by atoms with van der Waals surface area (Å²) >= 11 is 0. The quantitative estimate of drug-likeness (QED) is 0.423. The standard InChI is InChI=1S/C20H32O4/c1-2-8-17(22)11-7-9-16-13-14-20(24)19(16)12-6-4-3-5-10-18(23)15-21/h4,6-7,9,16-17,19,21-22H,2-3,5,8,10-15H2,1H3/t16-,17?,19+/m0/s1. The molecular weight excluding hydrogens is 304 g/mol. The first-order valence-corrected chi connectivity index (χ1v) is 9.23. The second-order valence-corrected chi connectivity index (χ2v) is 6.68. The van der Waals surface area contributed by atoms with E-state index < -0.39 is 0 Å². The normalized spacial score (nSPS) is 22.7. The average Bonchev–Trinajstić information content (AvgIpc) is 2.91. The highest BCUT2D eigenvalue weighted by Crippen LogP contribution is 2.32. The number of aliphatic hydroxyl groups excluding tert-OH is 2. The van der Waals surface area contributed by atoms with Crippen LogP contribution < -0.4 is 0 Å². The van der Waals surface area contributed by atoms with Gasteiger partial charge in [0.1, 0.15) is 12.4 Å². The number of carbonyl (C=O) groups excluding carboxylic acids is 2. The summed E-state index contributed by atoms with van der Waals surface area (Å²) in [4.78, 5) is 23.0. The lowest BCUT2D eigenvalue weighted by atomic mass is 9.91. The van der Waals surface area contributed by atoms with Gasteiger partial charge in [-0.15, -0.1) is 0 Å². The van der Waals surface area contributed by atoms with Crippen LogP contribution in [0.1, 0.15) is 64.7 Å². The van der Waals surface area contributed by atoms with Crippen LogP contribution in [0, 0.1) is 11.8 Å². The van der Waals surface area contributed by atoms with E-state index in [1.165, 1.54) is 0 Å². The fraction of sp³-hybridized carbons (Fsp3) is 0.700. The van der Waals surface area contributed by atoms with Crippen molar-refractivity contribution in [1.29, 1.82) is 0 Å². The van der Waals surface area contributed by atoms with E-state index in [-0.39, 0.29) is 30.3 Å². The zero-order chi connectivity index (χ0) is 17.8. The van der Waals surface area contributed by atoms with E-state index in [4.69, 9.17) is 5.11 Å². The van der Waals surface area contributed by atoms with Crippen molar-refractivity contribution in [3.05, 3.63) is 24.3 Å². The maximum atomic E-state index is 12.0. The molecule has 2 N–H and O–H groups in total. The molecule has 3 atom stereocenters. The van der Waals surface area contributed by atoms with Crippen LogP contribution in [0.15, 0.2) is 24.3 Å². The Morgan fingerprint density at radius 3 is 2.83 bits per heavy atom. The maximum Gasteiger partial charge on any atom is 0.158 e. The topological polar surface area (TPSA) is 74.6 Å². The highest BCUT2D eigenvalue weighted by molar-refractivity contribution is 5.83. The molecule has 0 aromatic rings. The Labute approximate surface area is 145 Å². The number of allylic oxidation sites excluding steroid dienone is 3. The number of aliphatic hydroxyl groups is 2. The molecular formula is C20H32O4. The van der Waals surface area contributed by atoms with Crippen molar-refractivity contribution >= 4 is 11.6 Å². The summed E-state index contributed by atoms with van der Waals surface area (Å²) in [5.41, 5.74) is 0. The van der Waals surface area contributed by atoms with Crippen LogP contribution in [0.5, 0.6) is 0 Å². The SMILES string of the molecule is CCCC(O)CC=C[C@H]1CCC(=O)[C@@H]1CC=CCCCC(=O)CO. The number of carbonyl (C=O) groups is 2. The Kier molecular flexibility index (Phi) is 10.5. The molecule has 0 aromatic carbocycles. The van der Waals surface area contributed by atoms with Gasteiger partial charge < -0.3 is 10.2 Å². The summed E-state index contributed by atoms with van der Waals surface area (Å²) in [6, 6.07) is 0. The first kappa shape index (κ1) is 20.8. The van der Waals surface area contributed by atoms with Gasteiger partial charge in [-0.25, -0.2) is 0 Å². The maximum absolute atomic E-state index is 12.0. The lowest BCUT2D eigenvalue weighted by Gasteiger charge is -2.13. The first-order chi connectivity index (χ1) is 11.6. The molecule has 136 valence electrons. The van der Waals surface area contributed by atoms with Crippen molar-refractivity contribution < 1.29 is 19.8 Å². The van der Waals surface area contributed by atoms with Crippen molar-refractivity contribution in [2.24, 2.45) is 11.8 Å². The van der Waals surface area contributed by atoms with Gasteiger partial charge >= 0.3 is 0 Å². The van der Waals surface area contributed by atoms with E-state index in [9.17, 15) is 14.7 Å². The summed E-state index contributed by atoms with van der Waals surface area (Å²) < 4.78 is 0. The van der Waals surface area contributed by atoms with Crippen LogP contribution in [0.3, 0.4) is 0 Å². The molecule has 24 heavy (non-hydrogen) atoms. The number of unbranched alkanes of at least 4 members (excludes halogenated alkanes) is 1. The summed E-state index contributed by atoms with van der Waals surface area (Å²) in [6.45, 7) is 1.69. The number of rotatable bonds is 12. The predicted octanol–water partition coefficient (Wildman–Crippen LogP) is 3.37. The third kappa shape index (κ3) is 8.02. The minimum Gasteiger partial charge on any atom is -0.393 e. The van der Waals surface area contributed by atoms with Gasteiger partial charge in [0.05, 0.1) is 6.10 Å². The molecule has 4 nitrogen and oxygen atoms in total. The van der Waals surface area contributed by atoms with Gasteiger partial charge in [-0.3, -0.25) is 9.59 Å². The molecule has 1 rings (SSSR count). The second-order valence-electron chi connectivity index (χ2n) is 6.68. The van der Waals surface area contributed by atoms with Gasteiger partial charge in [-0.05, 0) is 44.4 Å². The molecule has 0 aliphatic heterocycles. The van der Waals surface area contributed by atoms with Crippen LogP contribution >= 0.6 is 0 Å². The fourth-order valence-corrected chi connectivity index (χ4v) is 3.19. The predicted molar refractivity (Wildman–Crippen MR) is 95.6 cm³/mol. The Morgan fingerprint density at radius 1 is 1.33 bits per heavy atom. The zero-order valence-corrected chi connectivity index (χ0v) is 14.8. The molecule has 0 heterocycles. The lowest BCUT2D eigenvalue weighted by molar-refractivity contribution is -0.122. The number of Topliss-reactive ketones (excluding diaryl/α,β-unsaturated/α-hetero) is 2. The van der Waals surface area contributed by atoms with E-state index in [1.807, 2.05) is 18.2 Å². The third-order valence-electron chi connectivity index (χ3n) is 4.63. The van der Waals surface area contributed by atoms with Gasteiger partial charge in [0.25, 0.3) is 0 Å². The number of hydrogen-bond acceptors (Lipinski definition) is 4. The molecule has 1 fully saturated rings. The Balaban J connectivity index is 2.34. The fourth-order valence-electron chi connectivity index (χ4n) is 3.19. The van der Waals surface area contributed by atoms with Gasteiger partial charge in [0.2, 0.25) is 0 Å². The summed E-state index contributed by atoms with van der Waals surface area (Å²) in [6.07, 6.45) is 14.7.